The second-order valence-electron chi connectivity index (χ2n) is 5.81. The Morgan fingerprint density at radius 2 is 1.25 bits per heavy atom. The first-order chi connectivity index (χ1) is 11.2. The maximum Gasteiger partial charge on any atom is 0.323 e. The molecular weight excluding hydrogens is 326 g/mol. The van der Waals surface area contributed by atoms with E-state index in [1.54, 1.807) is 24.3 Å². The highest BCUT2D eigenvalue weighted by Gasteiger charge is 2.05. The van der Waals surface area contributed by atoms with E-state index in [9.17, 15) is 13.2 Å². The Balaban J connectivity index is 1.94. The molecule has 0 saturated heterocycles. The summed E-state index contributed by atoms with van der Waals surface area (Å²) in [6.07, 6.45) is 1.08. The van der Waals surface area contributed by atoms with Crippen LogP contribution in [0, 0.1) is 0 Å². The van der Waals surface area contributed by atoms with Crippen LogP contribution in [0.25, 0.3) is 0 Å². The third kappa shape index (κ3) is 5.58. The van der Waals surface area contributed by atoms with Crippen LogP contribution in [-0.2, 0) is 10.0 Å². The number of benzene rings is 2. The quantitative estimate of drug-likeness (QED) is 0.768. The second-order valence-corrected chi connectivity index (χ2v) is 7.56. The van der Waals surface area contributed by atoms with Gasteiger partial charge >= 0.3 is 6.03 Å². The molecule has 0 aliphatic carbocycles. The van der Waals surface area contributed by atoms with E-state index in [0.717, 1.165) is 6.26 Å². The van der Waals surface area contributed by atoms with Gasteiger partial charge in [-0.1, -0.05) is 26.0 Å². The summed E-state index contributed by atoms with van der Waals surface area (Å²) in [7, 11) is -3.31. The Bertz CT molecular complexity index is 798. The minimum absolute atomic E-state index is 0.365. The summed E-state index contributed by atoms with van der Waals surface area (Å²) in [6.45, 7) is 4.22. The first-order valence-corrected chi connectivity index (χ1v) is 9.38. The lowest BCUT2D eigenvalue weighted by atomic mass is 10.0. The molecule has 0 aliphatic rings. The molecule has 128 valence electrons. The molecule has 24 heavy (non-hydrogen) atoms. The van der Waals surface area contributed by atoms with Crippen LogP contribution in [0.2, 0.25) is 0 Å². The molecule has 0 saturated carbocycles. The van der Waals surface area contributed by atoms with Crippen molar-refractivity contribution in [3.63, 3.8) is 0 Å². The zero-order chi connectivity index (χ0) is 17.7. The molecule has 0 aromatic heterocycles. The first-order valence-electron chi connectivity index (χ1n) is 7.49. The SMILES string of the molecule is CC(C)c1ccc(NC(=O)Nc2ccc(NS(C)(=O)=O)cc2)cc1. The minimum atomic E-state index is -3.31. The molecule has 0 bridgehead atoms. The second kappa shape index (κ2) is 7.35. The van der Waals surface area contributed by atoms with Gasteiger partial charge < -0.3 is 10.6 Å². The van der Waals surface area contributed by atoms with Crippen LogP contribution in [0.15, 0.2) is 48.5 Å². The third-order valence-electron chi connectivity index (χ3n) is 3.28. The molecule has 6 nitrogen and oxygen atoms in total. The largest absolute Gasteiger partial charge is 0.323 e. The molecule has 0 unspecified atom stereocenters. The number of urea groups is 1. The average Bonchev–Trinajstić information content (AvgIpc) is 2.48. The van der Waals surface area contributed by atoms with E-state index in [-0.39, 0.29) is 6.03 Å². The van der Waals surface area contributed by atoms with Crippen molar-refractivity contribution < 1.29 is 13.2 Å². The van der Waals surface area contributed by atoms with Gasteiger partial charge in [0.15, 0.2) is 0 Å². The van der Waals surface area contributed by atoms with E-state index in [1.165, 1.54) is 5.56 Å². The Kier molecular flexibility index (Phi) is 5.46. The number of hydrogen-bond acceptors (Lipinski definition) is 3. The molecule has 0 atom stereocenters. The molecule has 2 rings (SSSR count). The predicted molar refractivity (Wildman–Crippen MR) is 98.1 cm³/mol. The topological polar surface area (TPSA) is 87.3 Å². The monoisotopic (exact) mass is 347 g/mol. The number of carbonyl (C=O) groups is 1. The normalized spacial score (nSPS) is 11.2. The number of sulfonamides is 1. The smallest absolute Gasteiger partial charge is 0.308 e. The van der Waals surface area contributed by atoms with Gasteiger partial charge in [-0.05, 0) is 47.9 Å². The Hall–Kier alpha value is -2.54. The van der Waals surface area contributed by atoms with E-state index in [2.05, 4.69) is 29.2 Å². The van der Waals surface area contributed by atoms with Gasteiger partial charge in [-0.3, -0.25) is 4.72 Å². The number of hydrogen-bond donors (Lipinski definition) is 3. The predicted octanol–water partition coefficient (Wildman–Crippen LogP) is 3.83. The van der Waals surface area contributed by atoms with Crippen molar-refractivity contribution >= 4 is 33.1 Å². The Morgan fingerprint density at radius 1 is 0.833 bits per heavy atom. The Morgan fingerprint density at radius 3 is 1.67 bits per heavy atom. The van der Waals surface area contributed by atoms with Crippen LogP contribution in [0.5, 0.6) is 0 Å². The minimum Gasteiger partial charge on any atom is -0.308 e. The van der Waals surface area contributed by atoms with E-state index >= 15 is 0 Å². The third-order valence-corrected chi connectivity index (χ3v) is 3.89. The average molecular weight is 347 g/mol. The van der Waals surface area contributed by atoms with Crippen LogP contribution in [0.3, 0.4) is 0 Å². The van der Waals surface area contributed by atoms with Crippen LogP contribution in [0.1, 0.15) is 25.3 Å². The van der Waals surface area contributed by atoms with Crippen molar-refractivity contribution in [2.75, 3.05) is 21.6 Å². The lowest BCUT2D eigenvalue weighted by Gasteiger charge is -2.10. The standard InChI is InChI=1S/C17H21N3O3S/c1-12(2)13-4-6-14(7-5-13)18-17(21)19-15-8-10-16(11-9-15)20-24(3,22)23/h4-12,20H,1-3H3,(H2,18,19,21). The summed E-state index contributed by atoms with van der Waals surface area (Å²) in [5, 5.41) is 5.44. The van der Waals surface area contributed by atoms with Gasteiger partial charge in [0.1, 0.15) is 0 Å². The van der Waals surface area contributed by atoms with Crippen LogP contribution in [-0.4, -0.2) is 20.7 Å². The van der Waals surface area contributed by atoms with Crippen molar-refractivity contribution in [3.8, 4) is 0 Å². The molecule has 3 N–H and O–H groups in total. The Labute approximate surface area is 142 Å². The van der Waals surface area contributed by atoms with Crippen molar-refractivity contribution in [2.24, 2.45) is 0 Å². The highest BCUT2D eigenvalue weighted by atomic mass is 32.2. The number of rotatable bonds is 5. The van der Waals surface area contributed by atoms with Gasteiger partial charge in [-0.25, -0.2) is 13.2 Å². The van der Waals surface area contributed by atoms with Crippen molar-refractivity contribution in [1.82, 2.24) is 0 Å². The summed E-state index contributed by atoms with van der Waals surface area (Å²) in [6, 6.07) is 13.7. The van der Waals surface area contributed by atoms with E-state index in [0.29, 0.717) is 23.0 Å². The lowest BCUT2D eigenvalue weighted by Crippen LogP contribution is -2.19. The van der Waals surface area contributed by atoms with Crippen molar-refractivity contribution in [2.45, 2.75) is 19.8 Å². The number of nitrogens with one attached hydrogen (secondary N) is 3. The molecule has 0 spiro atoms. The molecule has 2 aromatic carbocycles. The summed E-state index contributed by atoms with van der Waals surface area (Å²) in [5.74, 6) is 0.437. The maximum absolute atomic E-state index is 12.0. The van der Waals surface area contributed by atoms with Crippen LogP contribution in [0.4, 0.5) is 21.9 Å². The molecule has 0 fully saturated rings. The number of carbonyl (C=O) groups excluding carboxylic acids is 1. The summed E-state index contributed by atoms with van der Waals surface area (Å²) >= 11 is 0. The molecule has 0 aliphatic heterocycles. The summed E-state index contributed by atoms with van der Waals surface area (Å²) in [5.41, 5.74) is 2.90. The highest BCUT2D eigenvalue weighted by molar-refractivity contribution is 7.92. The molecule has 2 aromatic rings. The molecular formula is C17H21N3O3S. The van der Waals surface area contributed by atoms with E-state index in [1.807, 2.05) is 24.3 Å². The number of anilines is 3. The van der Waals surface area contributed by atoms with Crippen LogP contribution < -0.4 is 15.4 Å². The fourth-order valence-electron chi connectivity index (χ4n) is 2.08. The van der Waals surface area contributed by atoms with Gasteiger partial charge in [0.2, 0.25) is 10.0 Å². The highest BCUT2D eigenvalue weighted by Crippen LogP contribution is 2.18. The van der Waals surface area contributed by atoms with Crippen LogP contribution >= 0.6 is 0 Å². The maximum atomic E-state index is 12.0. The summed E-state index contributed by atoms with van der Waals surface area (Å²) < 4.78 is 24.6. The zero-order valence-corrected chi connectivity index (χ0v) is 14.6. The van der Waals surface area contributed by atoms with Crippen molar-refractivity contribution in [3.05, 3.63) is 54.1 Å². The first kappa shape index (κ1) is 17.8. The van der Waals surface area contributed by atoms with Gasteiger partial charge in [-0.15, -0.1) is 0 Å². The lowest BCUT2D eigenvalue weighted by molar-refractivity contribution is 0.262. The fraction of sp³-hybridized carbons (Fsp3) is 0.235. The fourth-order valence-corrected chi connectivity index (χ4v) is 2.64. The van der Waals surface area contributed by atoms with Gasteiger partial charge in [-0.2, -0.15) is 0 Å². The molecule has 7 heteroatoms. The molecule has 0 heterocycles. The van der Waals surface area contributed by atoms with Crippen molar-refractivity contribution in [1.29, 1.82) is 0 Å². The number of amides is 2. The summed E-state index contributed by atoms with van der Waals surface area (Å²) in [4.78, 5) is 12.0. The molecule has 2 amide bonds. The van der Waals surface area contributed by atoms with Gasteiger partial charge in [0.05, 0.1) is 6.26 Å². The molecule has 0 radical (unpaired) electrons. The van der Waals surface area contributed by atoms with Gasteiger partial charge in [0.25, 0.3) is 0 Å². The van der Waals surface area contributed by atoms with E-state index < -0.39 is 10.0 Å². The van der Waals surface area contributed by atoms with Gasteiger partial charge in [0, 0.05) is 17.1 Å². The zero-order valence-electron chi connectivity index (χ0n) is 13.8. The van der Waals surface area contributed by atoms with E-state index in [4.69, 9.17) is 0 Å².